The zero-order valence-electron chi connectivity index (χ0n) is 15.1. The van der Waals surface area contributed by atoms with Crippen molar-refractivity contribution in [2.24, 2.45) is 10.7 Å². The number of likely N-dealkylation sites (tertiary alicyclic amines) is 1. The summed E-state index contributed by atoms with van der Waals surface area (Å²) >= 11 is 0. The lowest BCUT2D eigenvalue weighted by Gasteiger charge is -2.32. The van der Waals surface area contributed by atoms with E-state index >= 15 is 0 Å². The molecule has 0 bridgehead atoms. The Balaban J connectivity index is 0.00000338. The topological polar surface area (TPSA) is 107 Å². The number of primary amides is 1. The molecule has 2 rings (SSSR count). The summed E-state index contributed by atoms with van der Waals surface area (Å²) in [4.78, 5) is 17.7. The number of hydrogen-bond donors (Lipinski definition) is 3. The van der Waals surface area contributed by atoms with Crippen LogP contribution in [0.5, 0.6) is 0 Å². The Kier molecular flexibility index (Phi) is 9.98. The summed E-state index contributed by atoms with van der Waals surface area (Å²) in [6.07, 6.45) is 1.89. The van der Waals surface area contributed by atoms with E-state index in [0.29, 0.717) is 24.7 Å². The van der Waals surface area contributed by atoms with Gasteiger partial charge in [-0.2, -0.15) is 5.26 Å². The monoisotopic (exact) mass is 470 g/mol. The van der Waals surface area contributed by atoms with E-state index in [-0.39, 0.29) is 29.9 Å². The molecule has 1 aromatic rings. The van der Waals surface area contributed by atoms with Crippen LogP contribution < -0.4 is 16.4 Å². The first kappa shape index (κ1) is 22.2. The maximum Gasteiger partial charge on any atom is 0.231 e. The van der Waals surface area contributed by atoms with E-state index in [4.69, 9.17) is 11.0 Å². The second-order valence-corrected chi connectivity index (χ2v) is 6.17. The van der Waals surface area contributed by atoms with Crippen LogP contribution in [-0.2, 0) is 11.3 Å². The zero-order chi connectivity index (χ0) is 18.1. The molecule has 26 heavy (non-hydrogen) atoms. The number of benzene rings is 1. The van der Waals surface area contributed by atoms with Gasteiger partial charge in [0.2, 0.25) is 5.91 Å². The molecular formula is C18H27IN6O. The van der Waals surface area contributed by atoms with Gasteiger partial charge in [-0.25, -0.2) is 4.99 Å². The summed E-state index contributed by atoms with van der Waals surface area (Å²) in [5.41, 5.74) is 6.90. The summed E-state index contributed by atoms with van der Waals surface area (Å²) in [7, 11) is 0. The molecule has 0 atom stereocenters. The second-order valence-electron chi connectivity index (χ2n) is 6.17. The van der Waals surface area contributed by atoms with E-state index in [1.54, 1.807) is 6.07 Å². The molecule has 1 saturated heterocycles. The average molecular weight is 470 g/mol. The fourth-order valence-electron chi connectivity index (χ4n) is 2.88. The van der Waals surface area contributed by atoms with Crippen molar-refractivity contribution in [2.75, 3.05) is 26.2 Å². The molecule has 142 valence electrons. The number of rotatable bonds is 6. The summed E-state index contributed by atoms with van der Waals surface area (Å²) < 4.78 is 0. The van der Waals surface area contributed by atoms with Crippen molar-refractivity contribution in [3.05, 3.63) is 35.4 Å². The Hall–Kier alpha value is -1.86. The standard InChI is InChI=1S/C18H26N6O.HI/c1-2-21-18(22-12-15-5-3-4-14(10-15)11-19)23-16-6-8-24(9-7-16)13-17(20)25;/h3-5,10,16H,2,6-9,12-13H2,1H3,(H2,20,25)(H2,21,22,23);1H. The van der Waals surface area contributed by atoms with Crippen molar-refractivity contribution < 1.29 is 4.79 Å². The van der Waals surface area contributed by atoms with Crippen LogP contribution in [0.25, 0.3) is 0 Å². The third-order valence-corrected chi connectivity index (χ3v) is 4.13. The number of carbonyl (C=O) groups excluding carboxylic acids is 1. The highest BCUT2D eigenvalue weighted by atomic mass is 127. The number of amides is 1. The average Bonchev–Trinajstić information content (AvgIpc) is 2.61. The summed E-state index contributed by atoms with van der Waals surface area (Å²) in [5.74, 6) is 0.499. The van der Waals surface area contributed by atoms with Crippen molar-refractivity contribution >= 4 is 35.8 Å². The van der Waals surface area contributed by atoms with Crippen LogP contribution in [0.4, 0.5) is 0 Å². The highest BCUT2D eigenvalue weighted by Gasteiger charge is 2.20. The summed E-state index contributed by atoms with van der Waals surface area (Å²) in [6.45, 7) is 5.36. The predicted molar refractivity (Wildman–Crippen MR) is 113 cm³/mol. The molecule has 7 nitrogen and oxygen atoms in total. The SMILES string of the molecule is CCNC(=NCc1cccc(C#N)c1)NC1CCN(CC(N)=O)CC1.I. The second kappa shape index (κ2) is 11.7. The normalized spacial score (nSPS) is 15.6. The minimum Gasteiger partial charge on any atom is -0.369 e. The van der Waals surface area contributed by atoms with Crippen LogP contribution in [0.3, 0.4) is 0 Å². The van der Waals surface area contributed by atoms with Crippen molar-refractivity contribution in [3.63, 3.8) is 0 Å². The van der Waals surface area contributed by atoms with Crippen molar-refractivity contribution in [3.8, 4) is 6.07 Å². The smallest absolute Gasteiger partial charge is 0.231 e. The minimum absolute atomic E-state index is 0. The molecule has 4 N–H and O–H groups in total. The lowest BCUT2D eigenvalue weighted by atomic mass is 10.1. The fourth-order valence-corrected chi connectivity index (χ4v) is 2.88. The first-order valence-corrected chi connectivity index (χ1v) is 8.65. The van der Waals surface area contributed by atoms with Gasteiger partial charge in [-0.3, -0.25) is 9.69 Å². The molecule has 8 heteroatoms. The number of nitriles is 1. The Morgan fingerprint density at radius 2 is 2.15 bits per heavy atom. The van der Waals surface area contributed by atoms with E-state index in [0.717, 1.165) is 44.0 Å². The first-order chi connectivity index (χ1) is 12.1. The molecule has 0 spiro atoms. The van der Waals surface area contributed by atoms with E-state index in [1.165, 1.54) is 0 Å². The van der Waals surface area contributed by atoms with Gasteiger partial charge in [0, 0.05) is 25.7 Å². The molecule has 1 fully saturated rings. The van der Waals surface area contributed by atoms with Crippen LogP contribution in [0.2, 0.25) is 0 Å². The number of nitrogens with two attached hydrogens (primary N) is 1. The van der Waals surface area contributed by atoms with Crippen molar-refractivity contribution in [2.45, 2.75) is 32.4 Å². The largest absolute Gasteiger partial charge is 0.369 e. The highest BCUT2D eigenvalue weighted by molar-refractivity contribution is 14.0. The Bertz CT molecular complexity index is 649. The number of piperidine rings is 1. The van der Waals surface area contributed by atoms with Gasteiger partial charge in [0.05, 0.1) is 24.7 Å². The highest BCUT2D eigenvalue weighted by Crippen LogP contribution is 2.10. The number of halogens is 1. The molecule has 0 unspecified atom stereocenters. The van der Waals surface area contributed by atoms with Gasteiger partial charge in [0.15, 0.2) is 5.96 Å². The van der Waals surface area contributed by atoms with Crippen LogP contribution in [-0.4, -0.2) is 49.0 Å². The zero-order valence-corrected chi connectivity index (χ0v) is 17.4. The van der Waals surface area contributed by atoms with Crippen LogP contribution in [0.1, 0.15) is 30.9 Å². The molecule has 0 aliphatic carbocycles. The third-order valence-electron chi connectivity index (χ3n) is 4.13. The molecular weight excluding hydrogens is 443 g/mol. The molecule has 0 radical (unpaired) electrons. The predicted octanol–water partition coefficient (Wildman–Crippen LogP) is 1.18. The molecule has 1 aromatic carbocycles. The third kappa shape index (κ3) is 7.58. The Morgan fingerprint density at radius 1 is 1.42 bits per heavy atom. The molecule has 1 aliphatic rings. The quantitative estimate of drug-likeness (QED) is 0.329. The Labute approximate surface area is 172 Å². The number of hydrogen-bond acceptors (Lipinski definition) is 4. The minimum atomic E-state index is -0.277. The number of nitrogens with one attached hydrogen (secondary N) is 2. The Morgan fingerprint density at radius 3 is 2.77 bits per heavy atom. The van der Waals surface area contributed by atoms with Gasteiger partial charge >= 0.3 is 0 Å². The van der Waals surface area contributed by atoms with Gasteiger partial charge in [0.25, 0.3) is 0 Å². The summed E-state index contributed by atoms with van der Waals surface area (Å²) in [6, 6.07) is 9.96. The summed E-state index contributed by atoms with van der Waals surface area (Å²) in [5, 5.41) is 15.7. The van der Waals surface area contributed by atoms with Gasteiger partial charge in [-0.15, -0.1) is 24.0 Å². The van der Waals surface area contributed by atoms with Crippen molar-refractivity contribution in [1.29, 1.82) is 5.26 Å². The van der Waals surface area contributed by atoms with Crippen LogP contribution >= 0.6 is 24.0 Å². The molecule has 1 heterocycles. The molecule has 0 saturated carbocycles. The van der Waals surface area contributed by atoms with Crippen LogP contribution in [0, 0.1) is 11.3 Å². The lowest BCUT2D eigenvalue weighted by molar-refractivity contribution is -0.119. The number of nitrogens with zero attached hydrogens (tertiary/aromatic N) is 3. The molecule has 1 amide bonds. The number of guanidine groups is 1. The molecule has 0 aromatic heterocycles. The van der Waals surface area contributed by atoms with Gasteiger partial charge < -0.3 is 16.4 Å². The van der Waals surface area contributed by atoms with E-state index in [9.17, 15) is 4.79 Å². The maximum absolute atomic E-state index is 11.0. The maximum atomic E-state index is 11.0. The van der Waals surface area contributed by atoms with Crippen LogP contribution in [0.15, 0.2) is 29.3 Å². The van der Waals surface area contributed by atoms with E-state index < -0.39 is 0 Å². The number of aliphatic imine (C=N–C) groups is 1. The lowest BCUT2D eigenvalue weighted by Crippen LogP contribution is -2.49. The fraction of sp³-hybridized carbons (Fsp3) is 0.500. The van der Waals surface area contributed by atoms with E-state index in [2.05, 4.69) is 26.6 Å². The van der Waals surface area contributed by atoms with Crippen molar-refractivity contribution in [1.82, 2.24) is 15.5 Å². The first-order valence-electron chi connectivity index (χ1n) is 8.65. The van der Waals surface area contributed by atoms with Gasteiger partial charge in [0.1, 0.15) is 0 Å². The number of carbonyl (C=O) groups is 1. The molecule has 1 aliphatic heterocycles. The van der Waals surface area contributed by atoms with Gasteiger partial charge in [-0.1, -0.05) is 12.1 Å². The van der Waals surface area contributed by atoms with E-state index in [1.807, 2.05) is 25.1 Å². The van der Waals surface area contributed by atoms with Gasteiger partial charge in [-0.05, 0) is 37.5 Å².